The zero-order valence-corrected chi connectivity index (χ0v) is 16.2. The van der Waals surface area contributed by atoms with Gasteiger partial charge in [0.2, 0.25) is 0 Å². The first-order valence-electron chi connectivity index (χ1n) is 9.97. The Labute approximate surface area is 160 Å². The highest BCUT2D eigenvalue weighted by Gasteiger charge is 2.56. The van der Waals surface area contributed by atoms with Crippen molar-refractivity contribution < 1.29 is 19.2 Å². The van der Waals surface area contributed by atoms with Crippen LogP contribution in [0.4, 0.5) is 10.5 Å². The largest absolute Gasteiger partial charge is 0.492 e. The molecule has 0 unspecified atom stereocenters. The fraction of sp³-hybridized carbons (Fsp3) is 0.600. The highest BCUT2D eigenvalue weighted by Crippen LogP contribution is 2.42. The van der Waals surface area contributed by atoms with Gasteiger partial charge < -0.3 is 19.9 Å². The molecule has 27 heavy (non-hydrogen) atoms. The van der Waals surface area contributed by atoms with Crippen molar-refractivity contribution in [2.24, 2.45) is 5.92 Å². The summed E-state index contributed by atoms with van der Waals surface area (Å²) in [5, 5.41) is 2.93. The van der Waals surface area contributed by atoms with E-state index in [-0.39, 0.29) is 11.9 Å². The summed E-state index contributed by atoms with van der Waals surface area (Å²) in [5.41, 5.74) is 0.434. The minimum atomic E-state index is -0.686. The Morgan fingerprint density at radius 1 is 1.22 bits per heavy atom. The number of ether oxygens (including phenoxy) is 1. The molecule has 0 bridgehead atoms. The third-order valence-electron chi connectivity index (χ3n) is 6.05. The number of nitrogens with zero attached hydrogens (tertiary/aromatic N) is 2. The van der Waals surface area contributed by atoms with Crippen molar-refractivity contribution in [3.05, 3.63) is 24.3 Å². The van der Waals surface area contributed by atoms with Gasteiger partial charge in [0.05, 0.1) is 38.5 Å². The Morgan fingerprint density at radius 2 is 1.93 bits per heavy atom. The lowest BCUT2D eigenvalue weighted by Gasteiger charge is -2.35. The van der Waals surface area contributed by atoms with Crippen molar-refractivity contribution in [3.8, 4) is 5.75 Å². The highest BCUT2D eigenvalue weighted by molar-refractivity contribution is 6.07. The summed E-state index contributed by atoms with van der Waals surface area (Å²) in [6, 6.07) is 7.89. The third kappa shape index (κ3) is 3.36. The van der Waals surface area contributed by atoms with Crippen LogP contribution in [0, 0.1) is 5.92 Å². The van der Waals surface area contributed by atoms with Gasteiger partial charge in [-0.25, -0.2) is 9.69 Å². The predicted octanol–water partition coefficient (Wildman–Crippen LogP) is 0.468. The van der Waals surface area contributed by atoms with Crippen LogP contribution in [-0.4, -0.2) is 61.8 Å². The molecule has 0 aromatic heterocycles. The molecule has 3 fully saturated rings. The minimum absolute atomic E-state index is 0.0494. The molecule has 2 N–H and O–H groups in total. The summed E-state index contributed by atoms with van der Waals surface area (Å²) in [7, 11) is 0. The fourth-order valence-corrected chi connectivity index (χ4v) is 4.24. The predicted molar refractivity (Wildman–Crippen MR) is 102 cm³/mol. The molecule has 1 atom stereocenters. The summed E-state index contributed by atoms with van der Waals surface area (Å²) in [6.45, 7) is 8.50. The van der Waals surface area contributed by atoms with Gasteiger partial charge in [-0.05, 0) is 44.7 Å². The van der Waals surface area contributed by atoms with E-state index in [9.17, 15) is 9.59 Å². The quantitative estimate of drug-likeness (QED) is 0.712. The Kier molecular flexibility index (Phi) is 4.72. The molecule has 4 rings (SSSR count). The number of carbonyl (C=O) groups is 2. The van der Waals surface area contributed by atoms with Gasteiger partial charge in [-0.15, -0.1) is 0 Å². The average Bonchev–Trinajstić information content (AvgIpc) is 3.49. The van der Waals surface area contributed by atoms with Crippen molar-refractivity contribution >= 4 is 17.6 Å². The molecule has 7 heteroatoms. The van der Waals surface area contributed by atoms with Crippen LogP contribution >= 0.6 is 0 Å². The van der Waals surface area contributed by atoms with E-state index >= 15 is 0 Å². The van der Waals surface area contributed by atoms with E-state index < -0.39 is 5.54 Å². The minimum Gasteiger partial charge on any atom is -0.492 e. The van der Waals surface area contributed by atoms with E-state index in [1.807, 2.05) is 32.0 Å². The van der Waals surface area contributed by atoms with E-state index in [1.165, 1.54) is 9.80 Å². The monoisotopic (exact) mass is 373 g/mol. The summed E-state index contributed by atoms with van der Waals surface area (Å²) in [6.07, 6.45) is 2.06. The number of nitrogens with one attached hydrogen (secondary N) is 2. The Bertz CT molecular complexity index is 728. The SMILES string of the molecule is CCOc1ccccc1N1CC[NH+](CN2C(=O)N[C@@](C)(C3CC3)C2=O)CC1. The van der Waals surface area contributed by atoms with Gasteiger partial charge in [-0.1, -0.05) is 12.1 Å². The lowest BCUT2D eigenvalue weighted by molar-refractivity contribution is -0.907. The van der Waals surface area contributed by atoms with Crippen LogP contribution in [0.15, 0.2) is 24.3 Å². The number of amides is 3. The van der Waals surface area contributed by atoms with Crippen LogP contribution < -0.4 is 19.9 Å². The van der Waals surface area contributed by atoms with Crippen LogP contribution in [0.2, 0.25) is 0 Å². The van der Waals surface area contributed by atoms with Crippen LogP contribution in [0.3, 0.4) is 0 Å². The number of rotatable bonds is 6. The Balaban J connectivity index is 1.36. The maximum atomic E-state index is 12.8. The van der Waals surface area contributed by atoms with Crippen molar-refractivity contribution in [1.82, 2.24) is 10.2 Å². The third-order valence-corrected chi connectivity index (χ3v) is 6.05. The first kappa shape index (κ1) is 18.1. The Hall–Kier alpha value is -2.28. The molecule has 1 aliphatic carbocycles. The van der Waals surface area contributed by atoms with Crippen molar-refractivity contribution in [2.75, 3.05) is 44.4 Å². The maximum Gasteiger partial charge on any atom is 0.329 e. The first-order valence-corrected chi connectivity index (χ1v) is 9.97. The van der Waals surface area contributed by atoms with Gasteiger partial charge in [-0.3, -0.25) is 4.79 Å². The van der Waals surface area contributed by atoms with E-state index in [2.05, 4.69) is 16.3 Å². The van der Waals surface area contributed by atoms with Crippen molar-refractivity contribution in [1.29, 1.82) is 0 Å². The number of piperazine rings is 1. The number of benzene rings is 1. The molecule has 2 saturated heterocycles. The molecule has 3 amide bonds. The molecule has 2 heterocycles. The molecular weight excluding hydrogens is 344 g/mol. The molecule has 0 radical (unpaired) electrons. The summed E-state index contributed by atoms with van der Waals surface area (Å²) >= 11 is 0. The summed E-state index contributed by atoms with van der Waals surface area (Å²) in [5.74, 6) is 1.17. The fourth-order valence-electron chi connectivity index (χ4n) is 4.24. The zero-order chi connectivity index (χ0) is 19.0. The number of hydrogen-bond acceptors (Lipinski definition) is 4. The lowest BCUT2D eigenvalue weighted by Crippen LogP contribution is -3.16. The normalized spacial score (nSPS) is 26.4. The van der Waals surface area contributed by atoms with Gasteiger partial charge in [0, 0.05) is 0 Å². The maximum absolute atomic E-state index is 12.8. The molecule has 3 aliphatic rings. The van der Waals surface area contributed by atoms with Gasteiger partial charge in [0.25, 0.3) is 5.91 Å². The van der Waals surface area contributed by atoms with Crippen molar-refractivity contribution in [3.63, 3.8) is 0 Å². The van der Waals surface area contributed by atoms with E-state index in [0.717, 1.165) is 50.5 Å². The smallest absolute Gasteiger partial charge is 0.329 e. The molecule has 1 saturated carbocycles. The number of urea groups is 1. The molecule has 1 aromatic rings. The van der Waals surface area contributed by atoms with E-state index in [1.54, 1.807) is 0 Å². The topological polar surface area (TPSA) is 66.3 Å². The van der Waals surface area contributed by atoms with E-state index in [0.29, 0.717) is 19.2 Å². The number of para-hydroxylation sites is 2. The second kappa shape index (κ2) is 7.03. The number of quaternary nitrogens is 1. The second-order valence-corrected chi connectivity index (χ2v) is 7.94. The lowest BCUT2D eigenvalue weighted by atomic mass is 9.96. The highest BCUT2D eigenvalue weighted by atomic mass is 16.5. The van der Waals surface area contributed by atoms with Crippen LogP contribution in [-0.2, 0) is 4.79 Å². The first-order chi connectivity index (χ1) is 13.0. The Morgan fingerprint density at radius 3 is 2.59 bits per heavy atom. The van der Waals surface area contributed by atoms with E-state index in [4.69, 9.17) is 4.74 Å². The molecule has 146 valence electrons. The number of imide groups is 1. The average molecular weight is 373 g/mol. The number of hydrogen-bond donors (Lipinski definition) is 2. The van der Waals surface area contributed by atoms with Gasteiger partial charge in [-0.2, -0.15) is 0 Å². The number of carbonyl (C=O) groups excluding carboxylic acids is 2. The van der Waals surface area contributed by atoms with Crippen LogP contribution in [0.25, 0.3) is 0 Å². The molecular formula is C20H29N4O3+. The molecule has 1 aromatic carbocycles. The van der Waals surface area contributed by atoms with Gasteiger partial charge >= 0.3 is 6.03 Å². The number of anilines is 1. The standard InChI is InChI=1S/C20H28N4O3/c1-3-27-17-7-5-4-6-16(17)23-12-10-22(11-13-23)14-24-18(25)20(2,15-8-9-15)21-19(24)26/h4-7,15H,3,8-14H2,1-2H3,(H,21,26)/p+1/t20-/m0/s1. The summed E-state index contributed by atoms with van der Waals surface area (Å²) < 4.78 is 5.75. The molecule has 7 nitrogen and oxygen atoms in total. The second-order valence-electron chi connectivity index (χ2n) is 7.94. The van der Waals surface area contributed by atoms with Gasteiger partial charge in [0.1, 0.15) is 11.3 Å². The van der Waals surface area contributed by atoms with Crippen LogP contribution in [0.5, 0.6) is 5.75 Å². The zero-order valence-electron chi connectivity index (χ0n) is 16.2. The van der Waals surface area contributed by atoms with Gasteiger partial charge in [0.15, 0.2) is 6.67 Å². The molecule has 0 spiro atoms. The van der Waals surface area contributed by atoms with Crippen LogP contribution in [0.1, 0.15) is 26.7 Å². The molecule has 2 aliphatic heterocycles. The van der Waals surface area contributed by atoms with Crippen molar-refractivity contribution in [2.45, 2.75) is 32.2 Å². The summed E-state index contributed by atoms with van der Waals surface area (Å²) in [4.78, 5) is 30.2.